The van der Waals surface area contributed by atoms with Crippen molar-refractivity contribution in [2.75, 3.05) is 25.6 Å². The maximum Gasteiger partial charge on any atom is 0.252 e. The number of pyridine rings is 1. The van der Waals surface area contributed by atoms with Crippen molar-refractivity contribution in [2.24, 2.45) is 5.73 Å². The Labute approximate surface area is 216 Å². The summed E-state index contributed by atoms with van der Waals surface area (Å²) in [5.41, 5.74) is 9.57. The van der Waals surface area contributed by atoms with Crippen LogP contribution in [0.3, 0.4) is 0 Å². The Kier molecular flexibility index (Phi) is 8.13. The van der Waals surface area contributed by atoms with Crippen LogP contribution in [-0.4, -0.2) is 53.1 Å². The van der Waals surface area contributed by atoms with Gasteiger partial charge in [-0.05, 0) is 48.9 Å². The highest BCUT2D eigenvalue weighted by Gasteiger charge is 2.30. The fourth-order valence-corrected chi connectivity index (χ4v) is 4.65. The summed E-state index contributed by atoms with van der Waals surface area (Å²) in [5.74, 6) is 0.497. The van der Waals surface area contributed by atoms with E-state index in [4.69, 9.17) is 15.2 Å². The molecule has 37 heavy (non-hydrogen) atoms. The van der Waals surface area contributed by atoms with Gasteiger partial charge in [-0.15, -0.1) is 0 Å². The van der Waals surface area contributed by atoms with Gasteiger partial charge >= 0.3 is 0 Å². The lowest BCUT2D eigenvalue weighted by atomic mass is 10.0. The van der Waals surface area contributed by atoms with Gasteiger partial charge in [0, 0.05) is 42.8 Å². The molecular formula is C28H34N4O5. The number of aliphatic hydroxyl groups is 1. The summed E-state index contributed by atoms with van der Waals surface area (Å²) in [7, 11) is 1.55. The topological polar surface area (TPSA) is 127 Å². The molecule has 0 spiro atoms. The molecule has 1 heterocycles. The van der Waals surface area contributed by atoms with E-state index < -0.39 is 5.91 Å². The first-order valence-corrected chi connectivity index (χ1v) is 12.6. The van der Waals surface area contributed by atoms with Crippen LogP contribution in [0.2, 0.25) is 0 Å². The first-order chi connectivity index (χ1) is 17.9. The normalized spacial score (nSPS) is 12.9. The molecule has 0 radical (unpaired) electrons. The minimum atomic E-state index is -0.613. The monoisotopic (exact) mass is 506 g/mol. The first kappa shape index (κ1) is 26.2. The molecule has 0 aliphatic heterocycles. The van der Waals surface area contributed by atoms with E-state index in [0.29, 0.717) is 60.1 Å². The summed E-state index contributed by atoms with van der Waals surface area (Å²) in [4.78, 5) is 30.5. The molecule has 3 aromatic rings. The van der Waals surface area contributed by atoms with Crippen molar-refractivity contribution in [3.05, 3.63) is 53.2 Å². The molecule has 1 saturated carbocycles. The van der Waals surface area contributed by atoms with Gasteiger partial charge in [0.05, 0.1) is 37.1 Å². The van der Waals surface area contributed by atoms with Crippen LogP contribution in [0.4, 0.5) is 11.4 Å². The molecular weight excluding hydrogens is 472 g/mol. The molecule has 4 rings (SSSR count). The van der Waals surface area contributed by atoms with Crippen LogP contribution in [-0.2, 0) is 17.8 Å². The van der Waals surface area contributed by atoms with E-state index in [1.165, 1.54) is 6.20 Å². The van der Waals surface area contributed by atoms with Gasteiger partial charge in [0.15, 0.2) is 11.5 Å². The predicted molar refractivity (Wildman–Crippen MR) is 142 cm³/mol. The minimum Gasteiger partial charge on any atom is -0.493 e. The van der Waals surface area contributed by atoms with E-state index in [1.807, 2.05) is 30.0 Å². The van der Waals surface area contributed by atoms with E-state index in [2.05, 4.69) is 10.3 Å². The lowest BCUT2D eigenvalue weighted by molar-refractivity contribution is -0.129. The number of primary amides is 1. The number of nitrogens with two attached hydrogens (primary N) is 1. The highest BCUT2D eigenvalue weighted by molar-refractivity contribution is 6.08. The standard InChI is InChI=1S/C28H34N4O5/c1-4-20-18(16-33)7-5-8-23(20)31-27-21-13-25(36-3)26(14-24(21)30-15-22(27)28(29)35)37-12-6-11-32(17(2)34)19-9-10-19/h5,7-8,13-15,19,33H,4,6,9-12,16H2,1-3H3,(H2,29,35)(H,30,31). The van der Waals surface area contributed by atoms with Gasteiger partial charge in [-0.3, -0.25) is 14.6 Å². The van der Waals surface area contributed by atoms with E-state index >= 15 is 0 Å². The van der Waals surface area contributed by atoms with Crippen molar-refractivity contribution >= 4 is 34.1 Å². The number of nitrogens with zero attached hydrogens (tertiary/aromatic N) is 2. The van der Waals surface area contributed by atoms with E-state index in [9.17, 15) is 14.7 Å². The van der Waals surface area contributed by atoms with Crippen LogP contribution in [0.15, 0.2) is 36.5 Å². The lowest BCUT2D eigenvalue weighted by Crippen LogP contribution is -2.32. The van der Waals surface area contributed by atoms with Gasteiger partial charge in [0.1, 0.15) is 0 Å². The average molecular weight is 507 g/mol. The van der Waals surface area contributed by atoms with Crippen LogP contribution >= 0.6 is 0 Å². The second-order valence-corrected chi connectivity index (χ2v) is 9.16. The molecule has 2 aromatic carbocycles. The number of aliphatic hydroxyl groups excluding tert-OH is 1. The number of rotatable bonds is 12. The van der Waals surface area contributed by atoms with Crippen LogP contribution in [0.25, 0.3) is 10.9 Å². The molecule has 1 fully saturated rings. The van der Waals surface area contributed by atoms with Crippen molar-refractivity contribution < 1.29 is 24.2 Å². The molecule has 1 aliphatic carbocycles. The summed E-state index contributed by atoms with van der Waals surface area (Å²) < 4.78 is 11.6. The molecule has 0 saturated heterocycles. The predicted octanol–water partition coefficient (Wildman–Crippen LogP) is 3.92. The van der Waals surface area contributed by atoms with Crippen molar-refractivity contribution in [1.82, 2.24) is 9.88 Å². The van der Waals surface area contributed by atoms with Gasteiger partial charge in [-0.1, -0.05) is 19.1 Å². The van der Waals surface area contributed by atoms with Gasteiger partial charge in [-0.25, -0.2) is 0 Å². The van der Waals surface area contributed by atoms with Gasteiger partial charge in [0.25, 0.3) is 5.91 Å². The van der Waals surface area contributed by atoms with Crippen molar-refractivity contribution in [3.63, 3.8) is 0 Å². The second-order valence-electron chi connectivity index (χ2n) is 9.16. The Hall–Kier alpha value is -3.85. The van der Waals surface area contributed by atoms with Crippen molar-refractivity contribution in [1.29, 1.82) is 0 Å². The van der Waals surface area contributed by atoms with Crippen molar-refractivity contribution in [2.45, 2.75) is 52.2 Å². The molecule has 2 amide bonds. The highest BCUT2D eigenvalue weighted by atomic mass is 16.5. The molecule has 9 nitrogen and oxygen atoms in total. The van der Waals surface area contributed by atoms with Crippen LogP contribution in [0, 0.1) is 0 Å². The Morgan fingerprint density at radius 1 is 1.24 bits per heavy atom. The van der Waals surface area contributed by atoms with E-state index in [0.717, 1.165) is 29.7 Å². The molecule has 0 bridgehead atoms. The third-order valence-electron chi connectivity index (χ3n) is 6.67. The quantitative estimate of drug-likeness (QED) is 0.318. The zero-order valence-electron chi connectivity index (χ0n) is 21.5. The minimum absolute atomic E-state index is 0.0855. The van der Waals surface area contributed by atoms with Crippen LogP contribution in [0.1, 0.15) is 54.6 Å². The number of amides is 2. The number of carbonyl (C=O) groups is 2. The first-order valence-electron chi connectivity index (χ1n) is 12.6. The zero-order valence-corrected chi connectivity index (χ0v) is 21.5. The molecule has 0 unspecified atom stereocenters. The summed E-state index contributed by atoms with van der Waals surface area (Å²) >= 11 is 0. The van der Waals surface area contributed by atoms with Crippen LogP contribution in [0.5, 0.6) is 11.5 Å². The Bertz CT molecular complexity index is 1310. The number of fused-ring (bicyclic) bond motifs is 1. The Balaban J connectivity index is 1.64. The largest absolute Gasteiger partial charge is 0.493 e. The van der Waals surface area contributed by atoms with E-state index in [1.54, 1.807) is 26.2 Å². The Morgan fingerprint density at radius 3 is 2.65 bits per heavy atom. The summed E-state index contributed by atoms with van der Waals surface area (Å²) in [6.45, 7) is 4.59. The van der Waals surface area contributed by atoms with Crippen molar-refractivity contribution in [3.8, 4) is 11.5 Å². The zero-order chi connectivity index (χ0) is 26.5. The fraction of sp³-hybridized carbons (Fsp3) is 0.393. The third kappa shape index (κ3) is 5.77. The number of nitrogens with one attached hydrogen (secondary N) is 1. The summed E-state index contributed by atoms with van der Waals surface area (Å²) in [6, 6.07) is 9.54. The molecule has 0 atom stereocenters. The second kappa shape index (κ2) is 11.5. The average Bonchev–Trinajstić information content (AvgIpc) is 3.72. The highest BCUT2D eigenvalue weighted by Crippen LogP contribution is 2.38. The molecule has 196 valence electrons. The number of ether oxygens (including phenoxy) is 2. The van der Waals surface area contributed by atoms with E-state index in [-0.39, 0.29) is 18.1 Å². The number of hydrogen-bond acceptors (Lipinski definition) is 7. The molecule has 1 aliphatic rings. The maximum absolute atomic E-state index is 12.3. The molecule has 1 aromatic heterocycles. The maximum atomic E-state index is 12.3. The number of hydrogen-bond donors (Lipinski definition) is 3. The molecule has 4 N–H and O–H groups in total. The smallest absolute Gasteiger partial charge is 0.252 e. The molecule has 9 heteroatoms. The number of anilines is 2. The fourth-order valence-electron chi connectivity index (χ4n) is 4.65. The number of carbonyl (C=O) groups excluding carboxylic acids is 2. The number of aromatic nitrogens is 1. The van der Waals surface area contributed by atoms with Crippen LogP contribution < -0.4 is 20.5 Å². The van der Waals surface area contributed by atoms with Gasteiger partial charge < -0.3 is 30.5 Å². The lowest BCUT2D eigenvalue weighted by Gasteiger charge is -2.21. The summed E-state index contributed by atoms with van der Waals surface area (Å²) in [6.07, 6.45) is 4.97. The number of methoxy groups -OCH3 is 1. The van der Waals surface area contributed by atoms with Gasteiger partial charge in [0.2, 0.25) is 5.91 Å². The SMILES string of the molecule is CCc1c(CO)cccc1Nc1c(C(N)=O)cnc2cc(OCCCN(C(C)=O)C3CC3)c(OC)cc12. The third-order valence-corrected chi connectivity index (χ3v) is 6.67. The summed E-state index contributed by atoms with van der Waals surface area (Å²) in [5, 5.41) is 13.8. The Morgan fingerprint density at radius 2 is 2.03 bits per heavy atom. The van der Waals surface area contributed by atoms with Gasteiger partial charge in [-0.2, -0.15) is 0 Å². The number of benzene rings is 2.